The number of non-ortho nitro benzene ring substituents is 1. The van der Waals surface area contributed by atoms with Gasteiger partial charge < -0.3 is 5.32 Å². The van der Waals surface area contributed by atoms with E-state index in [0.717, 1.165) is 5.69 Å². The molecule has 0 aliphatic heterocycles. The van der Waals surface area contributed by atoms with E-state index >= 15 is 0 Å². The van der Waals surface area contributed by atoms with Crippen molar-refractivity contribution in [2.75, 3.05) is 5.32 Å². The SMILES string of the molecule is C/C(=N/NC(=S)Nc1ccccc1)c1cccc([N+](=O)[O-])c1. The predicted molar refractivity (Wildman–Crippen MR) is 91.1 cm³/mol. The molecule has 22 heavy (non-hydrogen) atoms. The number of nitro groups is 1. The third-order valence-electron chi connectivity index (χ3n) is 2.83. The van der Waals surface area contributed by atoms with Gasteiger partial charge in [-0.1, -0.05) is 30.3 Å². The van der Waals surface area contributed by atoms with Crippen LogP contribution in [0, 0.1) is 10.1 Å². The number of nitrogens with zero attached hydrogens (tertiary/aromatic N) is 2. The summed E-state index contributed by atoms with van der Waals surface area (Å²) in [5.74, 6) is 0. The number of anilines is 1. The molecule has 0 heterocycles. The monoisotopic (exact) mass is 314 g/mol. The molecular weight excluding hydrogens is 300 g/mol. The minimum Gasteiger partial charge on any atom is -0.331 e. The normalized spacial score (nSPS) is 10.9. The Kier molecular flexibility index (Phi) is 5.16. The maximum atomic E-state index is 10.8. The third-order valence-corrected chi connectivity index (χ3v) is 3.02. The van der Waals surface area contributed by atoms with Crippen LogP contribution in [0.1, 0.15) is 12.5 Å². The molecule has 2 N–H and O–H groups in total. The van der Waals surface area contributed by atoms with Crippen LogP contribution in [0.4, 0.5) is 11.4 Å². The Bertz CT molecular complexity index is 716. The highest BCUT2D eigenvalue weighted by Crippen LogP contribution is 2.13. The van der Waals surface area contributed by atoms with E-state index in [-0.39, 0.29) is 5.69 Å². The van der Waals surface area contributed by atoms with Crippen LogP contribution >= 0.6 is 12.2 Å². The second-order valence-corrected chi connectivity index (χ2v) is 4.84. The van der Waals surface area contributed by atoms with E-state index in [9.17, 15) is 10.1 Å². The summed E-state index contributed by atoms with van der Waals surface area (Å²) in [4.78, 5) is 10.3. The van der Waals surface area contributed by atoms with Crippen LogP contribution in [-0.4, -0.2) is 15.7 Å². The molecular formula is C15H14N4O2S. The van der Waals surface area contributed by atoms with E-state index in [0.29, 0.717) is 16.4 Å². The molecule has 0 aliphatic carbocycles. The molecule has 0 saturated heterocycles. The van der Waals surface area contributed by atoms with E-state index in [2.05, 4.69) is 15.8 Å². The summed E-state index contributed by atoms with van der Waals surface area (Å²) in [5.41, 5.74) is 4.85. The molecule has 2 aromatic carbocycles. The first-order valence-corrected chi connectivity index (χ1v) is 6.88. The minimum atomic E-state index is -0.439. The van der Waals surface area contributed by atoms with Gasteiger partial charge in [-0.2, -0.15) is 5.10 Å². The Labute approximate surface area is 133 Å². The standard InChI is InChI=1S/C15H14N4O2S/c1-11(12-6-5-9-14(10-12)19(20)21)17-18-15(22)16-13-7-3-2-4-8-13/h2-10H,1H3,(H2,16,18,22)/b17-11-. The number of hydrazone groups is 1. The maximum Gasteiger partial charge on any atom is 0.270 e. The van der Waals surface area contributed by atoms with Gasteiger partial charge in [-0.05, 0) is 31.3 Å². The number of rotatable bonds is 4. The van der Waals surface area contributed by atoms with E-state index in [1.54, 1.807) is 19.1 Å². The Hall–Kier alpha value is -2.80. The molecule has 112 valence electrons. The fraction of sp³-hybridized carbons (Fsp3) is 0.0667. The van der Waals surface area contributed by atoms with Gasteiger partial charge in [0.2, 0.25) is 0 Å². The molecule has 0 fully saturated rings. The van der Waals surface area contributed by atoms with Crippen molar-refractivity contribution < 1.29 is 4.92 Å². The lowest BCUT2D eigenvalue weighted by atomic mass is 10.1. The van der Waals surface area contributed by atoms with Gasteiger partial charge in [0.1, 0.15) is 0 Å². The third kappa shape index (κ3) is 4.35. The number of benzene rings is 2. The van der Waals surface area contributed by atoms with E-state index in [1.165, 1.54) is 12.1 Å². The number of thiocarbonyl (C=S) groups is 1. The van der Waals surface area contributed by atoms with E-state index in [4.69, 9.17) is 12.2 Å². The van der Waals surface area contributed by atoms with Gasteiger partial charge in [0.25, 0.3) is 5.69 Å². The fourth-order valence-corrected chi connectivity index (χ4v) is 1.89. The largest absolute Gasteiger partial charge is 0.331 e. The summed E-state index contributed by atoms with van der Waals surface area (Å²) < 4.78 is 0. The van der Waals surface area contributed by atoms with Crippen LogP contribution in [0.15, 0.2) is 59.7 Å². The highest BCUT2D eigenvalue weighted by atomic mass is 32.1. The molecule has 0 unspecified atom stereocenters. The Balaban J connectivity index is 2.02. The number of para-hydroxylation sites is 1. The Morgan fingerprint density at radius 1 is 1.18 bits per heavy atom. The van der Waals surface area contributed by atoms with Gasteiger partial charge in [0.05, 0.1) is 10.6 Å². The molecule has 0 spiro atoms. The van der Waals surface area contributed by atoms with Crippen LogP contribution in [0.5, 0.6) is 0 Å². The molecule has 0 aliphatic rings. The molecule has 0 radical (unpaired) electrons. The van der Waals surface area contributed by atoms with Crippen molar-refractivity contribution in [3.05, 3.63) is 70.3 Å². The maximum absolute atomic E-state index is 10.8. The topological polar surface area (TPSA) is 79.6 Å². The van der Waals surface area contributed by atoms with Gasteiger partial charge in [-0.15, -0.1) is 0 Å². The van der Waals surface area contributed by atoms with Crippen molar-refractivity contribution in [2.45, 2.75) is 6.92 Å². The van der Waals surface area contributed by atoms with Gasteiger partial charge in [-0.3, -0.25) is 15.5 Å². The molecule has 6 nitrogen and oxygen atoms in total. The summed E-state index contributed by atoms with van der Waals surface area (Å²) in [6.07, 6.45) is 0. The first-order valence-electron chi connectivity index (χ1n) is 6.47. The quantitative estimate of drug-likeness (QED) is 0.392. The molecule has 0 saturated carbocycles. The van der Waals surface area contributed by atoms with E-state index in [1.807, 2.05) is 30.3 Å². The number of hydrogen-bond donors (Lipinski definition) is 2. The highest BCUT2D eigenvalue weighted by Gasteiger charge is 2.07. The zero-order valence-electron chi connectivity index (χ0n) is 11.8. The lowest BCUT2D eigenvalue weighted by Crippen LogP contribution is -2.24. The van der Waals surface area contributed by atoms with E-state index < -0.39 is 4.92 Å². The summed E-state index contributed by atoms with van der Waals surface area (Å²) in [5, 5.41) is 18.2. The van der Waals surface area contributed by atoms with Gasteiger partial charge in [0, 0.05) is 23.4 Å². The molecule has 7 heteroatoms. The van der Waals surface area contributed by atoms with Gasteiger partial charge >= 0.3 is 0 Å². The molecule has 0 atom stereocenters. The Morgan fingerprint density at radius 2 is 1.91 bits per heavy atom. The first-order chi connectivity index (χ1) is 10.6. The van der Waals surface area contributed by atoms with Gasteiger partial charge in [-0.25, -0.2) is 0 Å². The molecule has 0 bridgehead atoms. The number of nitrogens with one attached hydrogen (secondary N) is 2. The summed E-state index contributed by atoms with van der Waals surface area (Å²) in [6.45, 7) is 1.75. The second kappa shape index (κ2) is 7.28. The smallest absolute Gasteiger partial charge is 0.270 e. The van der Waals surface area contributed by atoms with Crippen LogP contribution < -0.4 is 10.7 Å². The lowest BCUT2D eigenvalue weighted by Gasteiger charge is -2.07. The second-order valence-electron chi connectivity index (χ2n) is 4.44. The number of nitro benzene ring substituents is 1. The fourth-order valence-electron chi connectivity index (χ4n) is 1.72. The molecule has 2 rings (SSSR count). The average molecular weight is 314 g/mol. The van der Waals surface area contributed by atoms with Crippen molar-refractivity contribution >= 4 is 34.4 Å². The molecule has 0 aromatic heterocycles. The van der Waals surface area contributed by atoms with Crippen LogP contribution in [0.2, 0.25) is 0 Å². The van der Waals surface area contributed by atoms with Crippen LogP contribution in [-0.2, 0) is 0 Å². The van der Waals surface area contributed by atoms with Crippen molar-refractivity contribution in [3.63, 3.8) is 0 Å². The van der Waals surface area contributed by atoms with Crippen molar-refractivity contribution in [1.82, 2.24) is 5.43 Å². The Morgan fingerprint density at radius 3 is 2.59 bits per heavy atom. The molecule has 2 aromatic rings. The first kappa shape index (κ1) is 15.6. The minimum absolute atomic E-state index is 0.0250. The highest BCUT2D eigenvalue weighted by molar-refractivity contribution is 7.80. The van der Waals surface area contributed by atoms with Crippen molar-refractivity contribution in [3.8, 4) is 0 Å². The van der Waals surface area contributed by atoms with Crippen LogP contribution in [0.25, 0.3) is 0 Å². The van der Waals surface area contributed by atoms with Crippen molar-refractivity contribution in [2.24, 2.45) is 5.10 Å². The zero-order valence-corrected chi connectivity index (χ0v) is 12.6. The van der Waals surface area contributed by atoms with Crippen molar-refractivity contribution in [1.29, 1.82) is 0 Å². The summed E-state index contributed by atoms with van der Waals surface area (Å²) >= 11 is 5.13. The average Bonchev–Trinajstić information content (AvgIpc) is 2.53. The lowest BCUT2D eigenvalue weighted by molar-refractivity contribution is -0.384. The van der Waals surface area contributed by atoms with Crippen LogP contribution in [0.3, 0.4) is 0 Å². The summed E-state index contributed by atoms with van der Waals surface area (Å²) in [7, 11) is 0. The zero-order chi connectivity index (χ0) is 15.9. The molecule has 0 amide bonds. The predicted octanol–water partition coefficient (Wildman–Crippen LogP) is 3.31. The van der Waals surface area contributed by atoms with Gasteiger partial charge in [0.15, 0.2) is 5.11 Å². The summed E-state index contributed by atoms with van der Waals surface area (Å²) in [6, 6.07) is 15.7. The number of hydrogen-bond acceptors (Lipinski definition) is 4.